The van der Waals surface area contributed by atoms with Gasteiger partial charge >= 0.3 is 0 Å². The molecule has 0 fully saturated rings. The van der Waals surface area contributed by atoms with E-state index in [0.717, 1.165) is 12.8 Å². The third-order valence-electron chi connectivity index (χ3n) is 3.36. The molecule has 5 heteroatoms. The van der Waals surface area contributed by atoms with Gasteiger partial charge in [-0.1, -0.05) is 44.4 Å². The first-order chi connectivity index (χ1) is 9.01. The van der Waals surface area contributed by atoms with Crippen LogP contribution < -0.4 is 11.1 Å². The molecule has 0 saturated heterocycles. The second-order valence-electron chi connectivity index (χ2n) is 4.56. The van der Waals surface area contributed by atoms with Gasteiger partial charge in [0.25, 0.3) is 5.91 Å². The van der Waals surface area contributed by atoms with Crippen LogP contribution in [0.3, 0.4) is 0 Å². The standard InChI is InChI=1S/C14H21ClN2O2/c1-3-9(4-2)12(18)8-17-14(19)10-6-5-7-11(15)13(10)16/h5-7,9,12,18H,3-4,8,16H2,1-2H3,(H,17,19). The van der Waals surface area contributed by atoms with E-state index >= 15 is 0 Å². The lowest BCUT2D eigenvalue weighted by Crippen LogP contribution is -2.36. The topological polar surface area (TPSA) is 75.3 Å². The van der Waals surface area contributed by atoms with Crippen molar-refractivity contribution in [1.29, 1.82) is 0 Å². The summed E-state index contributed by atoms with van der Waals surface area (Å²) in [4.78, 5) is 12.0. The minimum atomic E-state index is -0.542. The predicted molar refractivity (Wildman–Crippen MR) is 78.3 cm³/mol. The molecule has 0 saturated carbocycles. The zero-order valence-corrected chi connectivity index (χ0v) is 12.1. The first-order valence-electron chi connectivity index (χ1n) is 6.51. The Kier molecular flexibility index (Phi) is 6.12. The summed E-state index contributed by atoms with van der Waals surface area (Å²) < 4.78 is 0. The van der Waals surface area contributed by atoms with Gasteiger partial charge in [-0.3, -0.25) is 4.79 Å². The molecule has 1 aromatic carbocycles. The second kappa shape index (κ2) is 7.36. The highest BCUT2D eigenvalue weighted by Crippen LogP contribution is 2.22. The van der Waals surface area contributed by atoms with Crippen LogP contribution >= 0.6 is 11.6 Å². The van der Waals surface area contributed by atoms with Crippen molar-refractivity contribution < 1.29 is 9.90 Å². The van der Waals surface area contributed by atoms with Gasteiger partial charge in [-0.2, -0.15) is 0 Å². The fourth-order valence-corrected chi connectivity index (χ4v) is 2.20. The van der Waals surface area contributed by atoms with E-state index in [2.05, 4.69) is 5.32 Å². The number of nitrogens with one attached hydrogen (secondary N) is 1. The molecule has 0 aliphatic rings. The Hall–Kier alpha value is -1.26. The predicted octanol–water partition coefficient (Wildman–Crippen LogP) is 2.45. The van der Waals surface area contributed by atoms with Crippen molar-refractivity contribution >= 4 is 23.2 Å². The van der Waals surface area contributed by atoms with Crippen molar-refractivity contribution in [3.8, 4) is 0 Å². The second-order valence-corrected chi connectivity index (χ2v) is 4.96. The average Bonchev–Trinajstić information content (AvgIpc) is 2.40. The highest BCUT2D eigenvalue weighted by atomic mass is 35.5. The molecule has 0 aliphatic carbocycles. The van der Waals surface area contributed by atoms with Crippen molar-refractivity contribution in [2.24, 2.45) is 5.92 Å². The molecule has 1 unspecified atom stereocenters. The lowest BCUT2D eigenvalue weighted by molar-refractivity contribution is 0.0817. The van der Waals surface area contributed by atoms with Gasteiger partial charge in [-0.15, -0.1) is 0 Å². The van der Waals surface area contributed by atoms with Gasteiger partial charge in [0.1, 0.15) is 0 Å². The summed E-state index contributed by atoms with van der Waals surface area (Å²) in [6.45, 7) is 4.26. The Morgan fingerprint density at radius 3 is 2.63 bits per heavy atom. The van der Waals surface area contributed by atoms with Crippen LogP contribution in [0.2, 0.25) is 5.02 Å². The van der Waals surface area contributed by atoms with Crippen molar-refractivity contribution in [1.82, 2.24) is 5.32 Å². The van der Waals surface area contributed by atoms with Crippen LogP contribution in [0.15, 0.2) is 18.2 Å². The number of aliphatic hydroxyl groups is 1. The molecule has 4 N–H and O–H groups in total. The quantitative estimate of drug-likeness (QED) is 0.702. The van der Waals surface area contributed by atoms with Gasteiger partial charge in [0.2, 0.25) is 0 Å². The molecular weight excluding hydrogens is 264 g/mol. The van der Waals surface area contributed by atoms with Gasteiger partial charge in [0.05, 0.1) is 22.4 Å². The largest absolute Gasteiger partial charge is 0.397 e. The first-order valence-corrected chi connectivity index (χ1v) is 6.89. The molecule has 1 aromatic rings. The number of amides is 1. The Morgan fingerprint density at radius 2 is 2.05 bits per heavy atom. The third kappa shape index (κ3) is 4.11. The van der Waals surface area contributed by atoms with Gasteiger partial charge in [0.15, 0.2) is 0 Å². The number of hydrogen-bond acceptors (Lipinski definition) is 3. The van der Waals surface area contributed by atoms with E-state index in [9.17, 15) is 9.90 Å². The molecule has 0 aliphatic heterocycles. The normalized spacial score (nSPS) is 12.5. The number of carbonyl (C=O) groups is 1. The number of carbonyl (C=O) groups excluding carboxylic acids is 1. The van der Waals surface area contributed by atoms with Crippen LogP contribution in [0.25, 0.3) is 0 Å². The number of halogens is 1. The molecule has 0 spiro atoms. The Labute approximate surface area is 118 Å². The van der Waals surface area contributed by atoms with Gasteiger partial charge in [0, 0.05) is 6.54 Å². The van der Waals surface area contributed by atoms with Crippen LogP contribution in [0, 0.1) is 5.92 Å². The number of para-hydroxylation sites is 1. The van der Waals surface area contributed by atoms with E-state index < -0.39 is 6.10 Å². The van der Waals surface area contributed by atoms with Gasteiger partial charge < -0.3 is 16.2 Å². The molecule has 0 radical (unpaired) electrons. The van der Waals surface area contributed by atoms with Crippen LogP contribution in [0.4, 0.5) is 5.69 Å². The number of aliphatic hydroxyl groups excluding tert-OH is 1. The van der Waals surface area contributed by atoms with Crippen molar-refractivity contribution in [2.45, 2.75) is 32.8 Å². The van der Waals surface area contributed by atoms with E-state index in [1.807, 2.05) is 13.8 Å². The molecule has 0 bridgehead atoms. The Balaban J connectivity index is 2.63. The molecular formula is C14H21ClN2O2. The van der Waals surface area contributed by atoms with E-state index in [1.54, 1.807) is 18.2 Å². The molecule has 0 aromatic heterocycles. The average molecular weight is 285 g/mol. The molecule has 19 heavy (non-hydrogen) atoms. The monoisotopic (exact) mass is 284 g/mol. The third-order valence-corrected chi connectivity index (χ3v) is 3.69. The summed E-state index contributed by atoms with van der Waals surface area (Å²) in [6, 6.07) is 4.91. The van der Waals surface area contributed by atoms with Gasteiger partial charge in [-0.05, 0) is 18.1 Å². The SMILES string of the molecule is CCC(CC)C(O)CNC(=O)c1cccc(Cl)c1N. The molecule has 1 amide bonds. The maximum Gasteiger partial charge on any atom is 0.253 e. The summed E-state index contributed by atoms with van der Waals surface area (Å²) in [7, 11) is 0. The summed E-state index contributed by atoms with van der Waals surface area (Å²) in [5.41, 5.74) is 6.35. The first kappa shape index (κ1) is 15.8. The highest BCUT2D eigenvalue weighted by Gasteiger charge is 2.17. The van der Waals surface area contributed by atoms with Crippen LogP contribution in [-0.4, -0.2) is 23.7 Å². The lowest BCUT2D eigenvalue weighted by atomic mass is 9.96. The number of rotatable bonds is 6. The molecule has 0 heterocycles. The van der Waals surface area contributed by atoms with Crippen molar-refractivity contribution in [3.63, 3.8) is 0 Å². The molecule has 106 valence electrons. The minimum absolute atomic E-state index is 0.192. The summed E-state index contributed by atoms with van der Waals surface area (Å²) in [5.74, 6) is -0.123. The van der Waals surface area contributed by atoms with E-state index in [4.69, 9.17) is 17.3 Å². The summed E-state index contributed by atoms with van der Waals surface area (Å²) >= 11 is 5.86. The van der Waals surface area contributed by atoms with Crippen LogP contribution in [0.5, 0.6) is 0 Å². The molecule has 1 atom stereocenters. The maximum absolute atomic E-state index is 12.0. The lowest BCUT2D eigenvalue weighted by Gasteiger charge is -2.20. The maximum atomic E-state index is 12.0. The zero-order valence-electron chi connectivity index (χ0n) is 11.3. The van der Waals surface area contributed by atoms with Crippen LogP contribution in [-0.2, 0) is 0 Å². The van der Waals surface area contributed by atoms with E-state index in [1.165, 1.54) is 0 Å². The zero-order chi connectivity index (χ0) is 14.4. The van der Waals surface area contributed by atoms with Crippen molar-refractivity contribution in [2.75, 3.05) is 12.3 Å². The van der Waals surface area contributed by atoms with Gasteiger partial charge in [-0.25, -0.2) is 0 Å². The number of benzene rings is 1. The fourth-order valence-electron chi connectivity index (χ4n) is 2.03. The molecule has 4 nitrogen and oxygen atoms in total. The van der Waals surface area contributed by atoms with Crippen LogP contribution in [0.1, 0.15) is 37.0 Å². The summed E-state index contributed by atoms with van der Waals surface area (Å²) in [6.07, 6.45) is 1.22. The Bertz CT molecular complexity index is 433. The number of nitrogens with two attached hydrogens (primary N) is 1. The highest BCUT2D eigenvalue weighted by molar-refractivity contribution is 6.33. The number of hydrogen-bond donors (Lipinski definition) is 3. The smallest absolute Gasteiger partial charge is 0.253 e. The number of nitrogen functional groups attached to an aromatic ring is 1. The van der Waals surface area contributed by atoms with E-state index in [0.29, 0.717) is 10.6 Å². The summed E-state index contributed by atoms with van der Waals surface area (Å²) in [5, 5.41) is 13.0. The van der Waals surface area contributed by atoms with Crippen molar-refractivity contribution in [3.05, 3.63) is 28.8 Å². The fraction of sp³-hybridized carbons (Fsp3) is 0.500. The Morgan fingerprint density at radius 1 is 1.42 bits per heavy atom. The molecule has 1 rings (SSSR count). The minimum Gasteiger partial charge on any atom is -0.397 e. The van der Waals surface area contributed by atoms with E-state index in [-0.39, 0.29) is 24.1 Å². The number of anilines is 1.